The molecular formula is C22H34O2. The van der Waals surface area contributed by atoms with E-state index in [2.05, 4.69) is 55.5 Å². The first kappa shape index (κ1) is 22.2. The molecule has 0 amide bonds. The quantitative estimate of drug-likeness (QED) is 0.265. The fourth-order valence-corrected chi connectivity index (χ4v) is 2.04. The van der Waals surface area contributed by atoms with Crippen molar-refractivity contribution >= 4 is 5.97 Å². The molecule has 0 aromatic rings. The molecule has 0 unspecified atom stereocenters. The Morgan fingerprint density at radius 2 is 1.08 bits per heavy atom. The van der Waals surface area contributed by atoms with E-state index in [9.17, 15) is 4.79 Å². The van der Waals surface area contributed by atoms with Crippen LogP contribution in [-0.2, 0) is 4.79 Å². The molecule has 2 heteroatoms. The lowest BCUT2D eigenvalue weighted by molar-refractivity contribution is -0.136. The van der Waals surface area contributed by atoms with Crippen LogP contribution in [0.2, 0.25) is 0 Å². The van der Waals surface area contributed by atoms with Gasteiger partial charge in [0.15, 0.2) is 0 Å². The summed E-state index contributed by atoms with van der Waals surface area (Å²) in [5.41, 5.74) is 0. The lowest BCUT2D eigenvalue weighted by Gasteiger charge is -1.90. The highest BCUT2D eigenvalue weighted by atomic mass is 16.4. The van der Waals surface area contributed by atoms with Gasteiger partial charge in [-0.1, -0.05) is 80.5 Å². The molecule has 0 aliphatic heterocycles. The summed E-state index contributed by atoms with van der Waals surface area (Å²) in [6.07, 6.45) is 31.4. The molecule has 0 saturated carbocycles. The van der Waals surface area contributed by atoms with Gasteiger partial charge in [-0.2, -0.15) is 0 Å². The predicted octanol–water partition coefficient (Wildman–Crippen LogP) is 6.77. The van der Waals surface area contributed by atoms with Gasteiger partial charge >= 0.3 is 5.97 Å². The molecule has 0 fully saturated rings. The lowest BCUT2D eigenvalue weighted by atomic mass is 10.2. The van der Waals surface area contributed by atoms with Crippen molar-refractivity contribution in [2.45, 2.75) is 71.1 Å². The third-order valence-electron chi connectivity index (χ3n) is 3.42. The maximum Gasteiger partial charge on any atom is 0.303 e. The fraction of sp³-hybridized carbons (Fsp3) is 0.500. The number of hydrogen-bond acceptors (Lipinski definition) is 1. The standard InChI is InChI=1S/C22H34O2/c1-2-3-4-5-6-7-8-9-10-11-12-13-14-15-16-17-18-19-20-21-22(23)24/h6-7,9-10,12-13,15-16,18-19H,2-5,8,11,14,17,20-21H2,1H3,(H,23,24)/b7-6-,10-9-,13-12+,16-15-,19-18+. The van der Waals surface area contributed by atoms with E-state index in [-0.39, 0.29) is 6.42 Å². The average molecular weight is 331 g/mol. The summed E-state index contributed by atoms with van der Waals surface area (Å²) in [6.45, 7) is 2.23. The number of carboxylic acids is 1. The molecule has 0 radical (unpaired) electrons. The van der Waals surface area contributed by atoms with Gasteiger partial charge in [-0.3, -0.25) is 4.79 Å². The fourth-order valence-electron chi connectivity index (χ4n) is 2.04. The molecule has 0 aliphatic rings. The van der Waals surface area contributed by atoms with E-state index < -0.39 is 5.97 Å². The molecule has 1 N–H and O–H groups in total. The monoisotopic (exact) mass is 330 g/mol. The molecule has 0 aromatic heterocycles. The first-order valence-corrected chi connectivity index (χ1v) is 9.24. The summed E-state index contributed by atoms with van der Waals surface area (Å²) in [4.78, 5) is 10.3. The van der Waals surface area contributed by atoms with Crippen LogP contribution >= 0.6 is 0 Å². The summed E-state index contributed by atoms with van der Waals surface area (Å²) < 4.78 is 0. The van der Waals surface area contributed by atoms with Gasteiger partial charge in [-0.25, -0.2) is 0 Å². The van der Waals surface area contributed by atoms with Gasteiger partial charge in [0.25, 0.3) is 0 Å². The summed E-state index contributed by atoms with van der Waals surface area (Å²) >= 11 is 0. The van der Waals surface area contributed by atoms with E-state index in [1.54, 1.807) is 0 Å². The molecule has 0 heterocycles. The molecular weight excluding hydrogens is 296 g/mol. The van der Waals surface area contributed by atoms with Gasteiger partial charge in [0, 0.05) is 6.42 Å². The SMILES string of the molecule is CCCCC/C=C\C/C=C\C/C=C/C/C=C\C/C=C/CCC(=O)O. The summed E-state index contributed by atoms with van der Waals surface area (Å²) in [5.74, 6) is -0.739. The Morgan fingerprint density at radius 1 is 0.667 bits per heavy atom. The van der Waals surface area contributed by atoms with E-state index in [1.807, 2.05) is 12.2 Å². The van der Waals surface area contributed by atoms with Crippen molar-refractivity contribution in [3.05, 3.63) is 60.8 Å². The minimum atomic E-state index is -0.739. The van der Waals surface area contributed by atoms with Crippen molar-refractivity contribution < 1.29 is 9.90 Å². The smallest absolute Gasteiger partial charge is 0.303 e. The van der Waals surface area contributed by atoms with Crippen LogP contribution in [0.15, 0.2) is 60.8 Å². The van der Waals surface area contributed by atoms with Crippen LogP contribution in [0.3, 0.4) is 0 Å². The van der Waals surface area contributed by atoms with E-state index in [0.717, 1.165) is 25.7 Å². The molecule has 0 saturated heterocycles. The second-order valence-corrected chi connectivity index (χ2v) is 5.73. The summed E-state index contributed by atoms with van der Waals surface area (Å²) in [6, 6.07) is 0. The Hall–Kier alpha value is -1.83. The van der Waals surface area contributed by atoms with Crippen LogP contribution in [-0.4, -0.2) is 11.1 Å². The van der Waals surface area contributed by atoms with Gasteiger partial charge < -0.3 is 5.11 Å². The Morgan fingerprint density at radius 3 is 1.50 bits per heavy atom. The predicted molar refractivity (Wildman–Crippen MR) is 105 cm³/mol. The van der Waals surface area contributed by atoms with Crippen LogP contribution in [0.1, 0.15) is 71.1 Å². The van der Waals surface area contributed by atoms with Crippen LogP contribution in [0.5, 0.6) is 0 Å². The van der Waals surface area contributed by atoms with Crippen LogP contribution in [0.25, 0.3) is 0 Å². The first-order chi connectivity index (χ1) is 11.8. The normalized spacial score (nSPS) is 12.7. The minimum absolute atomic E-state index is 0.213. The van der Waals surface area contributed by atoms with Crippen LogP contribution in [0.4, 0.5) is 0 Å². The van der Waals surface area contributed by atoms with E-state index in [1.165, 1.54) is 25.7 Å². The zero-order valence-corrected chi connectivity index (χ0v) is 15.2. The van der Waals surface area contributed by atoms with Crippen LogP contribution in [0, 0.1) is 0 Å². The van der Waals surface area contributed by atoms with E-state index in [0.29, 0.717) is 6.42 Å². The Kier molecular flexibility index (Phi) is 17.8. The first-order valence-electron chi connectivity index (χ1n) is 9.24. The second kappa shape index (κ2) is 19.2. The zero-order chi connectivity index (χ0) is 17.7. The highest BCUT2D eigenvalue weighted by molar-refractivity contribution is 5.66. The summed E-state index contributed by atoms with van der Waals surface area (Å²) in [7, 11) is 0. The molecule has 0 aromatic carbocycles. The Bertz CT molecular complexity index is 425. The van der Waals surface area contributed by atoms with Gasteiger partial charge in [0.2, 0.25) is 0 Å². The van der Waals surface area contributed by atoms with Gasteiger partial charge in [-0.15, -0.1) is 0 Å². The van der Waals surface area contributed by atoms with Crippen molar-refractivity contribution in [1.82, 2.24) is 0 Å². The highest BCUT2D eigenvalue weighted by Gasteiger charge is 1.90. The van der Waals surface area contributed by atoms with Gasteiger partial charge in [0.05, 0.1) is 0 Å². The van der Waals surface area contributed by atoms with Crippen molar-refractivity contribution in [2.75, 3.05) is 0 Å². The zero-order valence-electron chi connectivity index (χ0n) is 15.2. The van der Waals surface area contributed by atoms with Gasteiger partial charge in [0.1, 0.15) is 0 Å². The lowest BCUT2D eigenvalue weighted by Crippen LogP contribution is -1.91. The van der Waals surface area contributed by atoms with Crippen molar-refractivity contribution in [1.29, 1.82) is 0 Å². The van der Waals surface area contributed by atoms with Crippen molar-refractivity contribution in [2.24, 2.45) is 0 Å². The molecule has 134 valence electrons. The molecule has 24 heavy (non-hydrogen) atoms. The third kappa shape index (κ3) is 20.2. The Labute approximate surface area is 148 Å². The van der Waals surface area contributed by atoms with Crippen LogP contribution < -0.4 is 0 Å². The number of unbranched alkanes of at least 4 members (excludes halogenated alkanes) is 3. The number of rotatable bonds is 15. The molecule has 0 rings (SSSR count). The number of hydrogen-bond donors (Lipinski definition) is 1. The highest BCUT2D eigenvalue weighted by Crippen LogP contribution is 2.01. The van der Waals surface area contributed by atoms with Gasteiger partial charge in [-0.05, 0) is 44.9 Å². The van der Waals surface area contributed by atoms with E-state index >= 15 is 0 Å². The largest absolute Gasteiger partial charge is 0.481 e. The minimum Gasteiger partial charge on any atom is -0.481 e. The molecule has 0 bridgehead atoms. The van der Waals surface area contributed by atoms with Crippen molar-refractivity contribution in [3.8, 4) is 0 Å². The number of aliphatic carboxylic acids is 1. The molecule has 0 atom stereocenters. The van der Waals surface area contributed by atoms with E-state index in [4.69, 9.17) is 5.11 Å². The molecule has 0 aliphatic carbocycles. The topological polar surface area (TPSA) is 37.3 Å². The Balaban J connectivity index is 3.46. The molecule has 2 nitrogen and oxygen atoms in total. The number of carboxylic acid groups (broad SMARTS) is 1. The molecule has 0 spiro atoms. The third-order valence-corrected chi connectivity index (χ3v) is 3.42. The van der Waals surface area contributed by atoms with Crippen molar-refractivity contribution in [3.63, 3.8) is 0 Å². The average Bonchev–Trinajstić information content (AvgIpc) is 2.56. The maximum atomic E-state index is 10.3. The second-order valence-electron chi connectivity index (χ2n) is 5.73. The summed E-state index contributed by atoms with van der Waals surface area (Å²) in [5, 5.41) is 8.49. The number of carbonyl (C=O) groups is 1. The maximum absolute atomic E-state index is 10.3. The number of allylic oxidation sites excluding steroid dienone is 10.